The molecule has 0 unspecified atom stereocenters. The number of rotatable bonds is 1. The van der Waals surface area contributed by atoms with E-state index < -0.39 is 0 Å². The fourth-order valence-corrected chi connectivity index (χ4v) is 1.28. The van der Waals surface area contributed by atoms with Gasteiger partial charge in [-0.3, -0.25) is 0 Å². The van der Waals surface area contributed by atoms with Crippen LogP contribution in [0.25, 0.3) is 11.4 Å². The van der Waals surface area contributed by atoms with Crippen LogP contribution in [0.5, 0.6) is 0 Å². The summed E-state index contributed by atoms with van der Waals surface area (Å²) in [6.07, 6.45) is 4.61. The highest BCUT2D eigenvalue weighted by molar-refractivity contribution is 6.31. The standard InChI is InChI=1S/C9H7ClN4/c1-6-4-7(14-5-13-6)8-9(10)12-3-2-11-8/h2-5H,1H3. The Bertz CT molecular complexity index is 458. The van der Waals surface area contributed by atoms with Gasteiger partial charge >= 0.3 is 0 Å². The summed E-state index contributed by atoms with van der Waals surface area (Å²) in [5.41, 5.74) is 2.15. The van der Waals surface area contributed by atoms with Crippen molar-refractivity contribution in [2.24, 2.45) is 0 Å². The molecule has 2 rings (SSSR count). The number of halogens is 1. The van der Waals surface area contributed by atoms with Crippen molar-refractivity contribution in [2.45, 2.75) is 6.92 Å². The van der Waals surface area contributed by atoms with Gasteiger partial charge < -0.3 is 0 Å². The van der Waals surface area contributed by atoms with E-state index in [-0.39, 0.29) is 0 Å². The summed E-state index contributed by atoms with van der Waals surface area (Å²) in [4.78, 5) is 16.1. The third-order valence-electron chi connectivity index (χ3n) is 1.70. The van der Waals surface area contributed by atoms with Gasteiger partial charge in [0.15, 0.2) is 5.15 Å². The summed E-state index contributed by atoms with van der Waals surface area (Å²) in [6, 6.07) is 1.82. The zero-order valence-corrected chi connectivity index (χ0v) is 8.23. The Morgan fingerprint density at radius 1 is 1.07 bits per heavy atom. The molecule has 0 aromatic carbocycles. The lowest BCUT2D eigenvalue weighted by Gasteiger charge is -2.00. The van der Waals surface area contributed by atoms with Crippen molar-refractivity contribution in [3.63, 3.8) is 0 Å². The third-order valence-corrected chi connectivity index (χ3v) is 1.98. The lowest BCUT2D eigenvalue weighted by Crippen LogP contribution is -1.92. The highest BCUT2D eigenvalue weighted by Gasteiger charge is 2.06. The molecule has 0 amide bonds. The topological polar surface area (TPSA) is 51.6 Å². The van der Waals surface area contributed by atoms with Gasteiger partial charge in [-0.25, -0.2) is 19.9 Å². The predicted molar refractivity (Wildman–Crippen MR) is 52.8 cm³/mol. The Hall–Kier alpha value is -1.55. The van der Waals surface area contributed by atoms with Crippen LogP contribution in [0, 0.1) is 6.92 Å². The van der Waals surface area contributed by atoms with Gasteiger partial charge in [-0.15, -0.1) is 0 Å². The first-order valence-corrected chi connectivity index (χ1v) is 4.40. The molecule has 2 heterocycles. The molecule has 0 fully saturated rings. The summed E-state index contributed by atoms with van der Waals surface area (Å²) in [6.45, 7) is 1.88. The fraction of sp³-hybridized carbons (Fsp3) is 0.111. The Morgan fingerprint density at radius 3 is 2.57 bits per heavy atom. The van der Waals surface area contributed by atoms with E-state index in [2.05, 4.69) is 19.9 Å². The lowest BCUT2D eigenvalue weighted by atomic mass is 10.3. The molecule has 4 nitrogen and oxygen atoms in total. The van der Waals surface area contributed by atoms with Crippen LogP contribution >= 0.6 is 11.6 Å². The van der Waals surface area contributed by atoms with Gasteiger partial charge in [-0.2, -0.15) is 0 Å². The highest BCUT2D eigenvalue weighted by Crippen LogP contribution is 2.20. The molecule has 0 N–H and O–H groups in total. The molecule has 70 valence electrons. The Labute approximate surface area is 86.0 Å². The molecule has 14 heavy (non-hydrogen) atoms. The molecule has 0 aliphatic rings. The summed E-state index contributed by atoms with van der Waals surface area (Å²) >= 11 is 5.88. The maximum Gasteiger partial charge on any atom is 0.156 e. The minimum atomic E-state index is 0.352. The number of nitrogens with zero attached hydrogens (tertiary/aromatic N) is 4. The number of aryl methyl sites for hydroxylation is 1. The zero-order valence-electron chi connectivity index (χ0n) is 7.48. The molecule has 0 saturated carbocycles. The summed E-state index contributed by atoms with van der Waals surface area (Å²) in [7, 11) is 0. The van der Waals surface area contributed by atoms with Gasteiger partial charge in [0.25, 0.3) is 0 Å². The van der Waals surface area contributed by atoms with Crippen molar-refractivity contribution in [1.82, 2.24) is 19.9 Å². The molecule has 0 saturated heterocycles. The van der Waals surface area contributed by atoms with E-state index in [0.29, 0.717) is 16.5 Å². The number of hydrogen-bond acceptors (Lipinski definition) is 4. The smallest absolute Gasteiger partial charge is 0.156 e. The summed E-state index contributed by atoms with van der Waals surface area (Å²) < 4.78 is 0. The molecular weight excluding hydrogens is 200 g/mol. The second-order valence-corrected chi connectivity index (χ2v) is 3.10. The van der Waals surface area contributed by atoms with Crippen LogP contribution in [0.2, 0.25) is 5.15 Å². The maximum atomic E-state index is 5.88. The Balaban J connectivity index is 2.55. The monoisotopic (exact) mass is 206 g/mol. The van der Waals surface area contributed by atoms with E-state index >= 15 is 0 Å². The molecular formula is C9H7ClN4. The largest absolute Gasteiger partial charge is 0.250 e. The first-order valence-electron chi connectivity index (χ1n) is 4.03. The van der Waals surface area contributed by atoms with Gasteiger partial charge in [-0.1, -0.05) is 11.6 Å². The van der Waals surface area contributed by atoms with Crippen LogP contribution in [0.3, 0.4) is 0 Å². The maximum absolute atomic E-state index is 5.88. The molecule has 0 aliphatic carbocycles. The van der Waals surface area contributed by atoms with Gasteiger partial charge in [0.05, 0.1) is 5.69 Å². The third kappa shape index (κ3) is 1.70. The van der Waals surface area contributed by atoms with Crippen molar-refractivity contribution >= 4 is 11.6 Å². The van der Waals surface area contributed by atoms with Crippen molar-refractivity contribution in [3.8, 4) is 11.4 Å². The first kappa shape index (κ1) is 9.02. The molecule has 0 radical (unpaired) electrons. The molecule has 2 aromatic rings. The fourth-order valence-electron chi connectivity index (χ4n) is 1.08. The second-order valence-electron chi connectivity index (χ2n) is 2.74. The van der Waals surface area contributed by atoms with Crippen molar-refractivity contribution < 1.29 is 0 Å². The van der Waals surface area contributed by atoms with E-state index in [0.717, 1.165) is 5.69 Å². The van der Waals surface area contributed by atoms with Crippen LogP contribution < -0.4 is 0 Å². The second kappa shape index (κ2) is 3.67. The van der Waals surface area contributed by atoms with Crippen LogP contribution in [0.1, 0.15) is 5.69 Å². The van der Waals surface area contributed by atoms with Gasteiger partial charge in [0.1, 0.15) is 12.0 Å². The van der Waals surface area contributed by atoms with E-state index in [4.69, 9.17) is 11.6 Å². The predicted octanol–water partition coefficient (Wildman–Crippen LogP) is 1.90. The van der Waals surface area contributed by atoms with Crippen LogP contribution in [-0.4, -0.2) is 19.9 Å². The summed E-state index contributed by atoms with van der Waals surface area (Å²) in [5, 5.41) is 0.352. The Morgan fingerprint density at radius 2 is 1.86 bits per heavy atom. The van der Waals surface area contributed by atoms with Crippen molar-refractivity contribution in [3.05, 3.63) is 35.6 Å². The molecule has 0 bridgehead atoms. The first-order chi connectivity index (χ1) is 6.77. The zero-order chi connectivity index (χ0) is 9.97. The van der Waals surface area contributed by atoms with E-state index in [1.165, 1.54) is 6.33 Å². The van der Waals surface area contributed by atoms with E-state index in [1.807, 2.05) is 13.0 Å². The average Bonchev–Trinajstić information content (AvgIpc) is 2.18. The highest BCUT2D eigenvalue weighted by atomic mass is 35.5. The minimum absolute atomic E-state index is 0.352. The molecule has 0 atom stereocenters. The Kier molecular flexibility index (Phi) is 2.37. The van der Waals surface area contributed by atoms with Crippen LogP contribution in [-0.2, 0) is 0 Å². The molecule has 2 aromatic heterocycles. The lowest BCUT2D eigenvalue weighted by molar-refractivity contribution is 1.09. The van der Waals surface area contributed by atoms with E-state index in [1.54, 1.807) is 12.4 Å². The van der Waals surface area contributed by atoms with Gasteiger partial charge in [-0.05, 0) is 13.0 Å². The normalized spacial score (nSPS) is 10.1. The summed E-state index contributed by atoms with van der Waals surface area (Å²) in [5.74, 6) is 0. The molecule has 5 heteroatoms. The van der Waals surface area contributed by atoms with E-state index in [9.17, 15) is 0 Å². The minimum Gasteiger partial charge on any atom is -0.250 e. The molecule has 0 aliphatic heterocycles. The molecule has 0 spiro atoms. The van der Waals surface area contributed by atoms with Gasteiger partial charge in [0.2, 0.25) is 0 Å². The number of hydrogen-bond donors (Lipinski definition) is 0. The van der Waals surface area contributed by atoms with Gasteiger partial charge in [0, 0.05) is 18.1 Å². The SMILES string of the molecule is Cc1cc(-c2nccnc2Cl)ncn1. The van der Waals surface area contributed by atoms with Crippen LogP contribution in [0.15, 0.2) is 24.8 Å². The average molecular weight is 207 g/mol. The quantitative estimate of drug-likeness (QED) is 0.715. The number of aromatic nitrogens is 4. The van der Waals surface area contributed by atoms with Crippen molar-refractivity contribution in [1.29, 1.82) is 0 Å². The van der Waals surface area contributed by atoms with Crippen molar-refractivity contribution in [2.75, 3.05) is 0 Å². The van der Waals surface area contributed by atoms with Crippen LogP contribution in [0.4, 0.5) is 0 Å².